The normalized spacial score (nSPS) is 10.1. The predicted molar refractivity (Wildman–Crippen MR) is 77.0 cm³/mol. The van der Waals surface area contributed by atoms with Crippen LogP contribution in [0.1, 0.15) is 17.3 Å². The van der Waals surface area contributed by atoms with Gasteiger partial charge in [-0.05, 0) is 31.2 Å². The molecule has 20 heavy (non-hydrogen) atoms. The smallest absolute Gasteiger partial charge is 0.262 e. The minimum absolute atomic E-state index is 0.247. The van der Waals surface area contributed by atoms with E-state index in [0.29, 0.717) is 18.0 Å². The van der Waals surface area contributed by atoms with E-state index in [1.54, 1.807) is 24.3 Å². The van der Waals surface area contributed by atoms with Gasteiger partial charge < -0.3 is 15.8 Å². The zero-order chi connectivity index (χ0) is 14.5. The molecule has 1 heterocycles. The summed E-state index contributed by atoms with van der Waals surface area (Å²) >= 11 is 5.63. The van der Waals surface area contributed by atoms with E-state index < -0.39 is 5.91 Å². The van der Waals surface area contributed by atoms with Crippen LogP contribution in [0.3, 0.4) is 0 Å². The van der Waals surface area contributed by atoms with Gasteiger partial charge in [0.15, 0.2) is 11.0 Å². The monoisotopic (exact) mass is 292 g/mol. The van der Waals surface area contributed by atoms with Crippen LogP contribution in [0, 0.1) is 0 Å². The van der Waals surface area contributed by atoms with Crippen molar-refractivity contribution < 1.29 is 9.53 Å². The second-order valence-corrected chi connectivity index (χ2v) is 4.24. The van der Waals surface area contributed by atoms with Gasteiger partial charge in [0.25, 0.3) is 5.91 Å². The number of hydrogen-bond donors (Lipinski definition) is 2. The lowest BCUT2D eigenvalue weighted by Gasteiger charge is -2.12. The number of carbonyl (C=O) groups is 1. The first-order valence-electron chi connectivity index (χ1n) is 5.93. The Bertz CT molecular complexity index is 616. The Morgan fingerprint density at radius 1 is 1.35 bits per heavy atom. The van der Waals surface area contributed by atoms with Crippen LogP contribution in [0.15, 0.2) is 30.3 Å². The molecule has 0 aliphatic rings. The van der Waals surface area contributed by atoms with E-state index >= 15 is 0 Å². The standard InChI is InChI=1S/C13H13ClN4O2/c1-2-20-9-5-3-4-8(15)12(9)13(19)16-11-7-6-10(14)17-18-11/h3-7H,2,15H2,1H3,(H,16,18,19). The largest absolute Gasteiger partial charge is 0.493 e. The minimum Gasteiger partial charge on any atom is -0.493 e. The number of ether oxygens (including phenoxy) is 1. The van der Waals surface area contributed by atoms with Gasteiger partial charge in [0.1, 0.15) is 11.3 Å². The number of hydrogen-bond acceptors (Lipinski definition) is 5. The maximum atomic E-state index is 12.2. The number of rotatable bonds is 4. The number of aromatic nitrogens is 2. The number of benzene rings is 1. The Labute approximate surface area is 120 Å². The molecule has 1 amide bonds. The molecular formula is C13H13ClN4O2. The molecule has 0 unspecified atom stereocenters. The predicted octanol–water partition coefficient (Wildman–Crippen LogP) is 2.36. The van der Waals surface area contributed by atoms with Gasteiger partial charge in [-0.25, -0.2) is 0 Å². The average Bonchev–Trinajstić information content (AvgIpc) is 2.42. The molecular weight excluding hydrogens is 280 g/mol. The maximum Gasteiger partial charge on any atom is 0.262 e. The Balaban J connectivity index is 2.26. The molecule has 6 nitrogen and oxygen atoms in total. The lowest BCUT2D eigenvalue weighted by Crippen LogP contribution is -2.16. The van der Waals surface area contributed by atoms with Crippen molar-refractivity contribution in [2.24, 2.45) is 0 Å². The van der Waals surface area contributed by atoms with Crippen LogP contribution in [0.5, 0.6) is 5.75 Å². The highest BCUT2D eigenvalue weighted by Gasteiger charge is 2.16. The summed E-state index contributed by atoms with van der Waals surface area (Å²) in [5.74, 6) is 0.292. The van der Waals surface area contributed by atoms with E-state index in [2.05, 4.69) is 15.5 Å². The number of halogens is 1. The lowest BCUT2D eigenvalue weighted by molar-refractivity contribution is 0.102. The third kappa shape index (κ3) is 3.16. The van der Waals surface area contributed by atoms with Crippen molar-refractivity contribution in [3.8, 4) is 5.75 Å². The topological polar surface area (TPSA) is 90.1 Å². The number of nitrogens with two attached hydrogens (primary N) is 1. The van der Waals surface area contributed by atoms with Gasteiger partial charge in [0.2, 0.25) is 0 Å². The summed E-state index contributed by atoms with van der Waals surface area (Å²) < 4.78 is 5.40. The van der Waals surface area contributed by atoms with E-state index in [0.717, 1.165) is 0 Å². The molecule has 0 aliphatic heterocycles. The molecule has 0 atom stereocenters. The van der Waals surface area contributed by atoms with Gasteiger partial charge in [-0.3, -0.25) is 4.79 Å². The summed E-state index contributed by atoms with van der Waals surface area (Å²) in [7, 11) is 0. The number of anilines is 2. The molecule has 2 rings (SSSR count). The van der Waals surface area contributed by atoms with Crippen LogP contribution < -0.4 is 15.8 Å². The second kappa shape index (κ2) is 6.21. The van der Waals surface area contributed by atoms with Crippen molar-refractivity contribution in [3.05, 3.63) is 41.0 Å². The zero-order valence-electron chi connectivity index (χ0n) is 10.8. The first kappa shape index (κ1) is 14.1. The molecule has 0 radical (unpaired) electrons. The van der Waals surface area contributed by atoms with Gasteiger partial charge in [0, 0.05) is 5.69 Å². The van der Waals surface area contributed by atoms with Gasteiger partial charge in [-0.15, -0.1) is 10.2 Å². The van der Waals surface area contributed by atoms with E-state index in [4.69, 9.17) is 22.1 Å². The highest BCUT2D eigenvalue weighted by molar-refractivity contribution is 6.29. The number of nitrogens with zero attached hydrogens (tertiary/aromatic N) is 2. The van der Waals surface area contributed by atoms with Gasteiger partial charge in [-0.1, -0.05) is 17.7 Å². The van der Waals surface area contributed by atoms with Crippen molar-refractivity contribution >= 4 is 29.0 Å². The number of carbonyl (C=O) groups excluding carboxylic acids is 1. The molecule has 0 saturated carbocycles. The Morgan fingerprint density at radius 3 is 2.80 bits per heavy atom. The first-order valence-corrected chi connectivity index (χ1v) is 6.31. The van der Waals surface area contributed by atoms with Crippen molar-refractivity contribution in [3.63, 3.8) is 0 Å². The molecule has 0 aliphatic carbocycles. The van der Waals surface area contributed by atoms with Crippen molar-refractivity contribution in [2.45, 2.75) is 6.92 Å². The fraction of sp³-hybridized carbons (Fsp3) is 0.154. The van der Waals surface area contributed by atoms with Crippen molar-refractivity contribution in [2.75, 3.05) is 17.7 Å². The fourth-order valence-electron chi connectivity index (χ4n) is 1.63. The number of amides is 1. The Hall–Kier alpha value is -2.34. The zero-order valence-corrected chi connectivity index (χ0v) is 11.5. The van der Waals surface area contributed by atoms with Crippen LogP contribution >= 0.6 is 11.6 Å². The molecule has 2 aromatic rings. The lowest BCUT2D eigenvalue weighted by atomic mass is 10.1. The third-order valence-electron chi connectivity index (χ3n) is 2.46. The highest BCUT2D eigenvalue weighted by Crippen LogP contribution is 2.25. The molecule has 0 spiro atoms. The fourth-order valence-corrected chi connectivity index (χ4v) is 1.73. The minimum atomic E-state index is -0.414. The van der Waals surface area contributed by atoms with E-state index in [-0.39, 0.29) is 16.5 Å². The van der Waals surface area contributed by atoms with Gasteiger partial charge >= 0.3 is 0 Å². The average molecular weight is 293 g/mol. The highest BCUT2D eigenvalue weighted by atomic mass is 35.5. The van der Waals surface area contributed by atoms with Crippen LogP contribution in [-0.4, -0.2) is 22.7 Å². The van der Waals surface area contributed by atoms with Crippen LogP contribution in [-0.2, 0) is 0 Å². The van der Waals surface area contributed by atoms with Gasteiger partial charge in [0.05, 0.1) is 6.61 Å². The van der Waals surface area contributed by atoms with Gasteiger partial charge in [-0.2, -0.15) is 0 Å². The molecule has 0 bridgehead atoms. The van der Waals surface area contributed by atoms with Crippen LogP contribution in [0.25, 0.3) is 0 Å². The quantitative estimate of drug-likeness (QED) is 0.844. The Kier molecular flexibility index (Phi) is 4.37. The molecule has 104 valence electrons. The summed E-state index contributed by atoms with van der Waals surface area (Å²) in [5, 5.41) is 10.2. The molecule has 0 fully saturated rings. The van der Waals surface area contributed by atoms with Crippen molar-refractivity contribution in [1.29, 1.82) is 0 Å². The SMILES string of the molecule is CCOc1cccc(N)c1C(=O)Nc1ccc(Cl)nn1. The molecule has 3 N–H and O–H groups in total. The number of nitrogen functional groups attached to an aromatic ring is 1. The summed E-state index contributed by atoms with van der Waals surface area (Å²) in [4.78, 5) is 12.2. The van der Waals surface area contributed by atoms with Crippen molar-refractivity contribution in [1.82, 2.24) is 10.2 Å². The summed E-state index contributed by atoms with van der Waals surface area (Å²) in [6.07, 6.45) is 0. The molecule has 1 aromatic carbocycles. The first-order chi connectivity index (χ1) is 9.61. The summed E-state index contributed by atoms with van der Waals surface area (Å²) in [5.41, 5.74) is 6.43. The summed E-state index contributed by atoms with van der Waals surface area (Å²) in [6.45, 7) is 2.26. The Morgan fingerprint density at radius 2 is 2.15 bits per heavy atom. The van der Waals surface area contributed by atoms with Crippen LogP contribution in [0.2, 0.25) is 5.15 Å². The maximum absolute atomic E-state index is 12.2. The van der Waals surface area contributed by atoms with E-state index in [1.807, 2.05) is 6.92 Å². The molecule has 0 saturated heterocycles. The summed E-state index contributed by atoms with van der Waals surface area (Å²) in [6, 6.07) is 8.11. The molecule has 1 aromatic heterocycles. The number of nitrogens with one attached hydrogen (secondary N) is 1. The third-order valence-corrected chi connectivity index (χ3v) is 2.66. The second-order valence-electron chi connectivity index (χ2n) is 3.85. The van der Waals surface area contributed by atoms with E-state index in [1.165, 1.54) is 6.07 Å². The van der Waals surface area contributed by atoms with E-state index in [9.17, 15) is 4.79 Å². The van der Waals surface area contributed by atoms with Crippen LogP contribution in [0.4, 0.5) is 11.5 Å². The molecule has 7 heteroatoms.